The Balaban J connectivity index is 1.59. The first-order chi connectivity index (χ1) is 12.0. The second-order valence-corrected chi connectivity index (χ2v) is 6.59. The number of fused-ring (bicyclic) bond motifs is 1. The summed E-state index contributed by atoms with van der Waals surface area (Å²) in [5.41, 5.74) is 3.96. The zero-order valence-electron chi connectivity index (χ0n) is 14.6. The van der Waals surface area contributed by atoms with Gasteiger partial charge in [-0.05, 0) is 41.8 Å². The molecular formula is C20H23N3O2. The van der Waals surface area contributed by atoms with Crippen LogP contribution in [0.25, 0.3) is 0 Å². The topological polar surface area (TPSA) is 61.4 Å². The molecule has 1 aliphatic rings. The molecular weight excluding hydrogens is 314 g/mol. The lowest BCUT2D eigenvalue weighted by molar-refractivity contribution is -0.118. The molecule has 0 aromatic heterocycles. The van der Waals surface area contributed by atoms with E-state index in [0.717, 1.165) is 12.1 Å². The molecule has 2 aromatic rings. The van der Waals surface area contributed by atoms with Crippen LogP contribution in [-0.2, 0) is 17.8 Å². The number of carbonyl (C=O) groups excluding carboxylic acids is 2. The van der Waals surface area contributed by atoms with Crippen molar-refractivity contribution in [2.24, 2.45) is 5.92 Å². The van der Waals surface area contributed by atoms with Crippen LogP contribution in [0, 0.1) is 5.92 Å². The first-order valence-corrected chi connectivity index (χ1v) is 8.56. The summed E-state index contributed by atoms with van der Waals surface area (Å²) in [6.07, 6.45) is 0.879. The van der Waals surface area contributed by atoms with E-state index in [4.69, 9.17) is 0 Å². The minimum atomic E-state index is -0.103. The number of hydrogen-bond donors (Lipinski definition) is 2. The number of rotatable bonds is 3. The predicted molar refractivity (Wildman–Crippen MR) is 99.5 cm³/mol. The number of benzene rings is 2. The molecule has 3 rings (SSSR count). The number of carbonyl (C=O) groups is 2. The van der Waals surface area contributed by atoms with Crippen LogP contribution in [0.5, 0.6) is 0 Å². The molecule has 0 bridgehead atoms. The lowest BCUT2D eigenvalue weighted by Crippen LogP contribution is -2.38. The number of anilines is 2. The van der Waals surface area contributed by atoms with Gasteiger partial charge >= 0.3 is 6.03 Å². The van der Waals surface area contributed by atoms with Crippen LogP contribution in [0.1, 0.15) is 25.0 Å². The van der Waals surface area contributed by atoms with Crippen LogP contribution < -0.4 is 10.6 Å². The summed E-state index contributed by atoms with van der Waals surface area (Å²) in [7, 11) is 0. The highest BCUT2D eigenvalue weighted by Gasteiger charge is 2.20. The fourth-order valence-electron chi connectivity index (χ4n) is 2.80. The Morgan fingerprint density at radius 3 is 2.16 bits per heavy atom. The van der Waals surface area contributed by atoms with Crippen molar-refractivity contribution in [2.45, 2.75) is 26.8 Å². The maximum absolute atomic E-state index is 12.5. The van der Waals surface area contributed by atoms with Crippen molar-refractivity contribution in [3.8, 4) is 0 Å². The van der Waals surface area contributed by atoms with Gasteiger partial charge in [0.2, 0.25) is 5.91 Å². The Bertz CT molecular complexity index is 769. The summed E-state index contributed by atoms with van der Waals surface area (Å²) in [5, 5.41) is 5.75. The van der Waals surface area contributed by atoms with Crippen molar-refractivity contribution in [1.29, 1.82) is 0 Å². The quantitative estimate of drug-likeness (QED) is 0.893. The van der Waals surface area contributed by atoms with Gasteiger partial charge in [-0.15, -0.1) is 0 Å². The predicted octanol–water partition coefficient (Wildman–Crippen LogP) is 3.87. The minimum absolute atomic E-state index is 0.0243. The highest BCUT2D eigenvalue weighted by Crippen LogP contribution is 2.20. The van der Waals surface area contributed by atoms with Crippen molar-refractivity contribution in [2.75, 3.05) is 17.2 Å². The second-order valence-electron chi connectivity index (χ2n) is 6.59. The van der Waals surface area contributed by atoms with Crippen molar-refractivity contribution in [3.05, 3.63) is 59.7 Å². The van der Waals surface area contributed by atoms with Gasteiger partial charge in [0.1, 0.15) is 0 Å². The molecule has 1 aliphatic heterocycles. The van der Waals surface area contributed by atoms with Crippen LogP contribution in [0.3, 0.4) is 0 Å². The molecule has 0 aliphatic carbocycles. The summed E-state index contributed by atoms with van der Waals surface area (Å²) in [6.45, 7) is 5.04. The lowest BCUT2D eigenvalue weighted by atomic mass is 10.0. The maximum atomic E-state index is 12.5. The van der Waals surface area contributed by atoms with E-state index >= 15 is 0 Å². The molecule has 5 heteroatoms. The average Bonchev–Trinajstić information content (AvgIpc) is 2.62. The molecule has 0 saturated carbocycles. The highest BCUT2D eigenvalue weighted by molar-refractivity contribution is 5.93. The van der Waals surface area contributed by atoms with Crippen molar-refractivity contribution in [1.82, 2.24) is 4.90 Å². The van der Waals surface area contributed by atoms with E-state index < -0.39 is 0 Å². The molecule has 5 nitrogen and oxygen atoms in total. The highest BCUT2D eigenvalue weighted by atomic mass is 16.2. The van der Waals surface area contributed by atoms with Gasteiger partial charge in [-0.3, -0.25) is 4.79 Å². The first-order valence-electron chi connectivity index (χ1n) is 8.56. The molecule has 0 unspecified atom stereocenters. The van der Waals surface area contributed by atoms with Gasteiger partial charge in [-0.25, -0.2) is 4.79 Å². The average molecular weight is 337 g/mol. The third-order valence-electron chi connectivity index (χ3n) is 4.35. The third-order valence-corrected chi connectivity index (χ3v) is 4.35. The SMILES string of the molecule is CC(C)C(=O)Nc1ccc(NC(=O)N2CCc3ccccc3C2)cc1. The molecule has 2 aromatic carbocycles. The second kappa shape index (κ2) is 7.38. The molecule has 130 valence electrons. The van der Waals surface area contributed by atoms with Crippen molar-refractivity contribution >= 4 is 23.3 Å². The molecule has 1 heterocycles. The Morgan fingerprint density at radius 2 is 1.52 bits per heavy atom. The minimum Gasteiger partial charge on any atom is -0.326 e. The van der Waals surface area contributed by atoms with Crippen LogP contribution in [-0.4, -0.2) is 23.4 Å². The van der Waals surface area contributed by atoms with Crippen LogP contribution in [0.4, 0.5) is 16.2 Å². The molecule has 0 fully saturated rings. The summed E-state index contributed by atoms with van der Waals surface area (Å²) in [6, 6.07) is 15.3. The lowest BCUT2D eigenvalue weighted by Gasteiger charge is -2.29. The van der Waals surface area contributed by atoms with Crippen LogP contribution >= 0.6 is 0 Å². The van der Waals surface area contributed by atoms with E-state index in [-0.39, 0.29) is 17.9 Å². The van der Waals surface area contributed by atoms with Gasteiger partial charge in [0, 0.05) is 30.4 Å². The molecule has 2 N–H and O–H groups in total. The first kappa shape index (κ1) is 17.0. The monoisotopic (exact) mass is 337 g/mol. The number of nitrogens with zero attached hydrogens (tertiary/aromatic N) is 1. The van der Waals surface area contributed by atoms with E-state index in [1.165, 1.54) is 11.1 Å². The number of amides is 3. The maximum Gasteiger partial charge on any atom is 0.322 e. The number of urea groups is 1. The van der Waals surface area contributed by atoms with Gasteiger partial charge < -0.3 is 15.5 Å². The molecule has 0 radical (unpaired) electrons. The Morgan fingerprint density at radius 1 is 0.920 bits per heavy atom. The summed E-state index contributed by atoms with van der Waals surface area (Å²) >= 11 is 0. The summed E-state index contributed by atoms with van der Waals surface area (Å²) < 4.78 is 0. The van der Waals surface area contributed by atoms with E-state index in [1.807, 2.05) is 30.9 Å². The van der Waals surface area contributed by atoms with Gasteiger partial charge in [0.15, 0.2) is 0 Å². The van der Waals surface area contributed by atoms with E-state index in [0.29, 0.717) is 18.8 Å². The molecule has 0 atom stereocenters. The molecule has 25 heavy (non-hydrogen) atoms. The van der Waals surface area contributed by atoms with Gasteiger partial charge in [-0.2, -0.15) is 0 Å². The number of hydrogen-bond acceptors (Lipinski definition) is 2. The van der Waals surface area contributed by atoms with Crippen molar-refractivity contribution in [3.63, 3.8) is 0 Å². The van der Waals surface area contributed by atoms with Gasteiger partial charge in [0.05, 0.1) is 0 Å². The Hall–Kier alpha value is -2.82. The zero-order valence-corrected chi connectivity index (χ0v) is 14.6. The van der Waals surface area contributed by atoms with Crippen molar-refractivity contribution < 1.29 is 9.59 Å². The van der Waals surface area contributed by atoms with E-state index in [2.05, 4.69) is 22.8 Å². The van der Waals surface area contributed by atoms with Gasteiger partial charge in [0.25, 0.3) is 0 Å². The molecule has 0 spiro atoms. The Labute approximate surface area is 148 Å². The molecule has 3 amide bonds. The van der Waals surface area contributed by atoms with Gasteiger partial charge in [-0.1, -0.05) is 38.1 Å². The number of nitrogens with one attached hydrogen (secondary N) is 2. The molecule has 0 saturated heterocycles. The summed E-state index contributed by atoms with van der Waals surface area (Å²) in [5.74, 6) is -0.0925. The summed E-state index contributed by atoms with van der Waals surface area (Å²) in [4.78, 5) is 26.0. The Kier molecular flexibility index (Phi) is 5.03. The third kappa shape index (κ3) is 4.18. The zero-order chi connectivity index (χ0) is 17.8. The largest absolute Gasteiger partial charge is 0.326 e. The fourth-order valence-corrected chi connectivity index (χ4v) is 2.80. The standard InChI is InChI=1S/C20H23N3O2/c1-14(2)19(24)21-17-7-9-18(10-8-17)22-20(25)23-12-11-15-5-3-4-6-16(15)13-23/h3-10,14H,11-13H2,1-2H3,(H,21,24)(H,22,25). The van der Waals surface area contributed by atoms with Crippen LogP contribution in [0.2, 0.25) is 0 Å². The van der Waals surface area contributed by atoms with E-state index in [9.17, 15) is 9.59 Å². The van der Waals surface area contributed by atoms with Crippen LogP contribution in [0.15, 0.2) is 48.5 Å². The van der Waals surface area contributed by atoms with E-state index in [1.54, 1.807) is 24.3 Å². The smallest absolute Gasteiger partial charge is 0.322 e. The fraction of sp³-hybridized carbons (Fsp3) is 0.300. The normalized spacial score (nSPS) is 13.3.